The Labute approximate surface area is 98.4 Å². The van der Waals surface area contributed by atoms with E-state index in [1.54, 1.807) is 0 Å². The summed E-state index contributed by atoms with van der Waals surface area (Å²) < 4.78 is 0. The number of nitriles is 1. The van der Waals surface area contributed by atoms with Gasteiger partial charge in [0.25, 0.3) is 0 Å². The summed E-state index contributed by atoms with van der Waals surface area (Å²) in [5.74, 6) is -0.392. The molecule has 1 aliphatic heterocycles. The summed E-state index contributed by atoms with van der Waals surface area (Å²) in [6, 6.07) is 2.74. The lowest BCUT2D eigenvalue weighted by molar-refractivity contribution is -0.140. The number of carbonyl (C=O) groups excluding carboxylic acids is 1. The molecule has 3 unspecified atom stereocenters. The van der Waals surface area contributed by atoms with Crippen molar-refractivity contribution in [1.82, 2.24) is 4.90 Å². The van der Waals surface area contributed by atoms with Crippen molar-refractivity contribution in [2.45, 2.75) is 65.0 Å². The van der Waals surface area contributed by atoms with E-state index in [9.17, 15) is 4.79 Å². The molecular weight excluding hydrogens is 200 g/mol. The summed E-state index contributed by atoms with van der Waals surface area (Å²) in [6.45, 7) is 6.20. The number of hydrogen-bond donors (Lipinski definition) is 0. The Bertz CT molecular complexity index is 272. The molecule has 0 aromatic carbocycles. The Kier molecular flexibility index (Phi) is 4.79. The van der Waals surface area contributed by atoms with Gasteiger partial charge in [0.05, 0.1) is 6.07 Å². The Morgan fingerprint density at radius 3 is 2.44 bits per heavy atom. The first-order chi connectivity index (χ1) is 7.61. The summed E-state index contributed by atoms with van der Waals surface area (Å²) >= 11 is 0. The third-order valence-corrected chi connectivity index (χ3v) is 3.48. The standard InChI is InChI=1S/C13H22N2O/c1-4-6-12(9-14)13(16)15-10(2)7-5-8-11(15)3/h10-12H,4-8H2,1-3H3. The largest absolute Gasteiger partial charge is 0.336 e. The average Bonchev–Trinajstić information content (AvgIpc) is 2.25. The van der Waals surface area contributed by atoms with E-state index in [4.69, 9.17) is 5.26 Å². The van der Waals surface area contributed by atoms with Crippen LogP contribution in [0.15, 0.2) is 0 Å². The molecule has 0 radical (unpaired) electrons. The second-order valence-electron chi connectivity index (χ2n) is 4.84. The fraction of sp³-hybridized carbons (Fsp3) is 0.846. The maximum absolute atomic E-state index is 12.2. The lowest BCUT2D eigenvalue weighted by atomic mass is 9.94. The van der Waals surface area contributed by atoms with Crippen LogP contribution in [0.1, 0.15) is 52.9 Å². The highest BCUT2D eigenvalue weighted by Crippen LogP contribution is 2.25. The second-order valence-corrected chi connectivity index (χ2v) is 4.84. The van der Waals surface area contributed by atoms with Crippen molar-refractivity contribution < 1.29 is 4.79 Å². The monoisotopic (exact) mass is 222 g/mol. The van der Waals surface area contributed by atoms with Crippen LogP contribution in [-0.4, -0.2) is 22.9 Å². The quantitative estimate of drug-likeness (QED) is 0.737. The zero-order chi connectivity index (χ0) is 12.1. The molecule has 1 saturated heterocycles. The van der Waals surface area contributed by atoms with Crippen LogP contribution in [-0.2, 0) is 4.79 Å². The topological polar surface area (TPSA) is 44.1 Å². The van der Waals surface area contributed by atoms with Gasteiger partial charge in [-0.2, -0.15) is 5.26 Å². The number of amides is 1. The second kappa shape index (κ2) is 5.89. The molecule has 0 aliphatic carbocycles. The van der Waals surface area contributed by atoms with Gasteiger partial charge in [0.15, 0.2) is 0 Å². The SMILES string of the molecule is CCCC(C#N)C(=O)N1C(C)CCCC1C. The van der Waals surface area contributed by atoms with Gasteiger partial charge in [-0.05, 0) is 39.5 Å². The third-order valence-electron chi connectivity index (χ3n) is 3.48. The molecular formula is C13H22N2O. The number of piperidine rings is 1. The molecule has 0 saturated carbocycles. The molecule has 16 heavy (non-hydrogen) atoms. The van der Waals surface area contributed by atoms with Crippen LogP contribution < -0.4 is 0 Å². The van der Waals surface area contributed by atoms with Crippen LogP contribution >= 0.6 is 0 Å². The van der Waals surface area contributed by atoms with Gasteiger partial charge in [0.2, 0.25) is 5.91 Å². The van der Waals surface area contributed by atoms with Gasteiger partial charge in [-0.25, -0.2) is 0 Å². The molecule has 90 valence electrons. The van der Waals surface area contributed by atoms with Crippen LogP contribution in [0.4, 0.5) is 0 Å². The van der Waals surface area contributed by atoms with Crippen LogP contribution in [0.5, 0.6) is 0 Å². The van der Waals surface area contributed by atoms with Gasteiger partial charge in [0, 0.05) is 12.1 Å². The molecule has 0 aromatic heterocycles. The number of nitrogens with zero attached hydrogens (tertiary/aromatic N) is 2. The van der Waals surface area contributed by atoms with Gasteiger partial charge in [-0.1, -0.05) is 13.3 Å². The maximum atomic E-state index is 12.2. The van der Waals surface area contributed by atoms with Crippen molar-refractivity contribution in [3.63, 3.8) is 0 Å². The molecule has 1 rings (SSSR count). The molecule has 3 heteroatoms. The van der Waals surface area contributed by atoms with E-state index in [1.165, 1.54) is 6.42 Å². The summed E-state index contributed by atoms with van der Waals surface area (Å²) in [5.41, 5.74) is 0. The molecule has 0 bridgehead atoms. The first-order valence-electron chi connectivity index (χ1n) is 6.33. The van der Waals surface area contributed by atoms with Crippen LogP contribution in [0, 0.1) is 17.2 Å². The van der Waals surface area contributed by atoms with Crippen LogP contribution in [0.2, 0.25) is 0 Å². The van der Waals surface area contributed by atoms with Gasteiger partial charge >= 0.3 is 0 Å². The lowest BCUT2D eigenvalue weighted by Crippen LogP contribution is -2.49. The van der Waals surface area contributed by atoms with Gasteiger partial charge in [-0.15, -0.1) is 0 Å². The van der Waals surface area contributed by atoms with Crippen molar-refractivity contribution >= 4 is 5.91 Å². The number of likely N-dealkylation sites (tertiary alicyclic amines) is 1. The molecule has 1 amide bonds. The van der Waals surface area contributed by atoms with E-state index in [0.29, 0.717) is 18.5 Å². The highest BCUT2D eigenvalue weighted by molar-refractivity contribution is 5.81. The minimum atomic E-state index is -0.437. The van der Waals surface area contributed by atoms with Crippen LogP contribution in [0.3, 0.4) is 0 Å². The summed E-state index contributed by atoms with van der Waals surface area (Å²) in [4.78, 5) is 14.2. The van der Waals surface area contributed by atoms with Crippen molar-refractivity contribution in [2.75, 3.05) is 0 Å². The van der Waals surface area contributed by atoms with E-state index in [-0.39, 0.29) is 5.91 Å². The first kappa shape index (κ1) is 13.0. The third kappa shape index (κ3) is 2.75. The summed E-state index contributed by atoms with van der Waals surface area (Å²) in [7, 11) is 0. The molecule has 3 atom stereocenters. The molecule has 0 aromatic rings. The van der Waals surface area contributed by atoms with Crippen molar-refractivity contribution in [3.05, 3.63) is 0 Å². The molecule has 1 aliphatic rings. The molecule has 1 heterocycles. The van der Waals surface area contributed by atoms with Crippen LogP contribution in [0.25, 0.3) is 0 Å². The Hall–Kier alpha value is -1.04. The smallest absolute Gasteiger partial charge is 0.240 e. The lowest BCUT2D eigenvalue weighted by Gasteiger charge is -2.40. The normalized spacial score (nSPS) is 27.2. The van der Waals surface area contributed by atoms with Crippen molar-refractivity contribution in [2.24, 2.45) is 5.92 Å². The molecule has 3 nitrogen and oxygen atoms in total. The zero-order valence-corrected chi connectivity index (χ0v) is 10.6. The first-order valence-corrected chi connectivity index (χ1v) is 6.33. The van der Waals surface area contributed by atoms with E-state index >= 15 is 0 Å². The highest BCUT2D eigenvalue weighted by Gasteiger charge is 2.32. The fourth-order valence-corrected chi connectivity index (χ4v) is 2.57. The van der Waals surface area contributed by atoms with Gasteiger partial charge in [0.1, 0.15) is 5.92 Å². The minimum Gasteiger partial charge on any atom is -0.336 e. The van der Waals surface area contributed by atoms with Crippen molar-refractivity contribution in [3.8, 4) is 6.07 Å². The van der Waals surface area contributed by atoms with E-state index in [1.807, 2.05) is 11.8 Å². The summed E-state index contributed by atoms with van der Waals surface area (Å²) in [5, 5.41) is 9.03. The molecule has 0 spiro atoms. The maximum Gasteiger partial charge on any atom is 0.240 e. The van der Waals surface area contributed by atoms with E-state index < -0.39 is 5.92 Å². The van der Waals surface area contributed by atoms with E-state index in [2.05, 4.69) is 19.9 Å². The molecule has 0 N–H and O–H groups in total. The Morgan fingerprint density at radius 1 is 1.44 bits per heavy atom. The predicted molar refractivity (Wildman–Crippen MR) is 63.6 cm³/mol. The number of carbonyl (C=O) groups is 1. The number of rotatable bonds is 3. The Morgan fingerprint density at radius 2 is 2.00 bits per heavy atom. The van der Waals surface area contributed by atoms with Gasteiger partial charge < -0.3 is 4.90 Å². The highest BCUT2D eigenvalue weighted by atomic mass is 16.2. The molecule has 1 fully saturated rings. The average molecular weight is 222 g/mol. The zero-order valence-electron chi connectivity index (χ0n) is 10.6. The predicted octanol–water partition coefficient (Wildman–Crippen LogP) is 2.72. The number of hydrogen-bond acceptors (Lipinski definition) is 2. The van der Waals surface area contributed by atoms with Gasteiger partial charge in [-0.3, -0.25) is 4.79 Å². The van der Waals surface area contributed by atoms with Crippen molar-refractivity contribution in [1.29, 1.82) is 5.26 Å². The summed E-state index contributed by atoms with van der Waals surface area (Å²) in [6.07, 6.45) is 4.91. The van der Waals surface area contributed by atoms with E-state index in [0.717, 1.165) is 19.3 Å². The minimum absolute atomic E-state index is 0.0454. The fourth-order valence-electron chi connectivity index (χ4n) is 2.57. The Balaban J connectivity index is 2.73.